The molecule has 0 aliphatic carbocycles. The zero-order valence-electron chi connectivity index (χ0n) is 6.71. The maximum absolute atomic E-state index is 5.64. The summed E-state index contributed by atoms with van der Waals surface area (Å²) in [5, 5.41) is 0. The van der Waals surface area contributed by atoms with Crippen molar-refractivity contribution in [3.8, 4) is 0 Å². The Morgan fingerprint density at radius 1 is 1.55 bits per heavy atom. The lowest BCUT2D eigenvalue weighted by Crippen LogP contribution is -2.19. The van der Waals surface area contributed by atoms with E-state index in [-0.39, 0.29) is 6.04 Å². The highest BCUT2D eigenvalue weighted by atomic mass is 16.3. The summed E-state index contributed by atoms with van der Waals surface area (Å²) in [6, 6.07) is 3.66. The van der Waals surface area contributed by atoms with Crippen LogP contribution in [0.5, 0.6) is 0 Å². The molecule has 1 heterocycles. The smallest absolute Gasteiger partial charge is 0.122 e. The number of nitrogens with two attached hydrogens (primary N) is 2. The fraction of sp³-hybridized carbons (Fsp3) is 0.500. The maximum atomic E-state index is 5.64. The predicted molar refractivity (Wildman–Crippen MR) is 44.1 cm³/mol. The summed E-state index contributed by atoms with van der Waals surface area (Å²) >= 11 is 0. The molecule has 0 saturated heterocycles. The summed E-state index contributed by atoms with van der Waals surface area (Å²) in [6.45, 7) is 2.47. The Morgan fingerprint density at radius 3 is 2.73 bits per heavy atom. The molecule has 0 spiro atoms. The molecule has 0 aliphatic rings. The van der Waals surface area contributed by atoms with E-state index in [1.165, 1.54) is 0 Å². The van der Waals surface area contributed by atoms with Crippen molar-refractivity contribution in [2.45, 2.75) is 19.4 Å². The average molecular weight is 154 g/mol. The van der Waals surface area contributed by atoms with E-state index in [1.54, 1.807) is 0 Å². The van der Waals surface area contributed by atoms with E-state index in [0.717, 1.165) is 17.9 Å². The van der Waals surface area contributed by atoms with E-state index in [9.17, 15) is 0 Å². The molecule has 0 aliphatic heterocycles. The van der Waals surface area contributed by atoms with E-state index < -0.39 is 0 Å². The third kappa shape index (κ3) is 1.82. The van der Waals surface area contributed by atoms with Crippen LogP contribution >= 0.6 is 0 Å². The standard InChI is InChI=1S/C8H14N2O/c1-2-6-3-4-8(11-6)7(10)5-9/h3-4,7H,2,5,9-10H2,1H3. The van der Waals surface area contributed by atoms with Gasteiger partial charge in [0.1, 0.15) is 11.5 Å². The van der Waals surface area contributed by atoms with Gasteiger partial charge in [-0.2, -0.15) is 0 Å². The van der Waals surface area contributed by atoms with Gasteiger partial charge in [-0.25, -0.2) is 0 Å². The summed E-state index contributed by atoms with van der Waals surface area (Å²) in [5.41, 5.74) is 11.0. The van der Waals surface area contributed by atoms with E-state index in [0.29, 0.717) is 6.54 Å². The van der Waals surface area contributed by atoms with Crippen molar-refractivity contribution in [2.24, 2.45) is 11.5 Å². The summed E-state index contributed by atoms with van der Waals surface area (Å²) in [5.74, 6) is 1.74. The normalized spacial score (nSPS) is 13.4. The Labute approximate surface area is 66.4 Å². The van der Waals surface area contributed by atoms with Crippen LogP contribution in [0.4, 0.5) is 0 Å². The molecule has 0 saturated carbocycles. The number of furan rings is 1. The van der Waals surface area contributed by atoms with Crippen LogP contribution in [-0.4, -0.2) is 6.54 Å². The fourth-order valence-electron chi connectivity index (χ4n) is 0.900. The highest BCUT2D eigenvalue weighted by molar-refractivity contribution is 5.10. The molecule has 1 atom stereocenters. The lowest BCUT2D eigenvalue weighted by Gasteiger charge is -2.02. The van der Waals surface area contributed by atoms with Crippen LogP contribution in [-0.2, 0) is 6.42 Å². The molecule has 0 radical (unpaired) electrons. The maximum Gasteiger partial charge on any atom is 0.122 e. The molecule has 11 heavy (non-hydrogen) atoms. The molecule has 0 bridgehead atoms. The molecule has 4 N–H and O–H groups in total. The third-order valence-corrected chi connectivity index (χ3v) is 1.65. The minimum atomic E-state index is -0.157. The van der Waals surface area contributed by atoms with Gasteiger partial charge in [0.05, 0.1) is 6.04 Å². The fourth-order valence-corrected chi connectivity index (χ4v) is 0.900. The zero-order chi connectivity index (χ0) is 8.27. The van der Waals surface area contributed by atoms with Gasteiger partial charge in [0.25, 0.3) is 0 Å². The Hall–Kier alpha value is -0.800. The Kier molecular flexibility index (Phi) is 2.68. The van der Waals surface area contributed by atoms with Crippen molar-refractivity contribution in [2.75, 3.05) is 6.54 Å². The van der Waals surface area contributed by atoms with Crippen molar-refractivity contribution in [3.05, 3.63) is 23.7 Å². The molecule has 1 aromatic heterocycles. The van der Waals surface area contributed by atoms with Crippen molar-refractivity contribution in [1.82, 2.24) is 0 Å². The number of hydrogen-bond donors (Lipinski definition) is 2. The van der Waals surface area contributed by atoms with Gasteiger partial charge >= 0.3 is 0 Å². The number of aryl methyl sites for hydroxylation is 1. The van der Waals surface area contributed by atoms with Gasteiger partial charge in [0.15, 0.2) is 0 Å². The first-order valence-corrected chi connectivity index (χ1v) is 3.82. The van der Waals surface area contributed by atoms with Gasteiger partial charge in [-0.05, 0) is 12.1 Å². The van der Waals surface area contributed by atoms with Gasteiger partial charge in [-0.1, -0.05) is 6.92 Å². The monoisotopic (exact) mass is 154 g/mol. The molecular formula is C8H14N2O. The minimum Gasteiger partial charge on any atom is -0.464 e. The van der Waals surface area contributed by atoms with Gasteiger partial charge in [0.2, 0.25) is 0 Å². The molecule has 1 aromatic rings. The van der Waals surface area contributed by atoms with Crippen LogP contribution in [0.15, 0.2) is 16.5 Å². The molecule has 1 rings (SSSR count). The first kappa shape index (κ1) is 8.30. The molecule has 0 amide bonds. The van der Waals surface area contributed by atoms with Crippen LogP contribution in [0.3, 0.4) is 0 Å². The first-order valence-electron chi connectivity index (χ1n) is 3.82. The van der Waals surface area contributed by atoms with Crippen LogP contribution in [0.25, 0.3) is 0 Å². The topological polar surface area (TPSA) is 65.2 Å². The number of hydrogen-bond acceptors (Lipinski definition) is 3. The molecule has 3 heteroatoms. The molecular weight excluding hydrogens is 140 g/mol. The summed E-state index contributed by atoms with van der Waals surface area (Å²) < 4.78 is 5.38. The van der Waals surface area contributed by atoms with Gasteiger partial charge in [-0.3, -0.25) is 0 Å². The van der Waals surface area contributed by atoms with Crippen LogP contribution in [0.2, 0.25) is 0 Å². The van der Waals surface area contributed by atoms with E-state index in [1.807, 2.05) is 19.1 Å². The predicted octanol–water partition coefficient (Wildman–Crippen LogP) is 0.800. The second kappa shape index (κ2) is 3.55. The third-order valence-electron chi connectivity index (χ3n) is 1.65. The largest absolute Gasteiger partial charge is 0.464 e. The first-order chi connectivity index (χ1) is 5.27. The Morgan fingerprint density at radius 2 is 2.27 bits per heavy atom. The van der Waals surface area contributed by atoms with Crippen molar-refractivity contribution in [3.63, 3.8) is 0 Å². The van der Waals surface area contributed by atoms with E-state index in [4.69, 9.17) is 15.9 Å². The highest BCUT2D eigenvalue weighted by Crippen LogP contribution is 2.13. The average Bonchev–Trinajstić information content (AvgIpc) is 2.50. The zero-order valence-corrected chi connectivity index (χ0v) is 6.71. The second-order valence-electron chi connectivity index (χ2n) is 2.50. The van der Waals surface area contributed by atoms with Crippen molar-refractivity contribution in [1.29, 1.82) is 0 Å². The summed E-state index contributed by atoms with van der Waals surface area (Å²) in [4.78, 5) is 0. The lowest BCUT2D eigenvalue weighted by atomic mass is 10.2. The highest BCUT2D eigenvalue weighted by Gasteiger charge is 2.07. The summed E-state index contributed by atoms with van der Waals surface area (Å²) in [6.07, 6.45) is 0.900. The van der Waals surface area contributed by atoms with Crippen molar-refractivity contribution < 1.29 is 4.42 Å². The lowest BCUT2D eigenvalue weighted by molar-refractivity contribution is 0.438. The van der Waals surface area contributed by atoms with E-state index >= 15 is 0 Å². The Bertz CT molecular complexity index is 220. The number of rotatable bonds is 3. The minimum absolute atomic E-state index is 0.157. The SMILES string of the molecule is CCc1ccc(C(N)CN)o1. The van der Waals surface area contributed by atoms with Gasteiger partial charge in [-0.15, -0.1) is 0 Å². The second-order valence-corrected chi connectivity index (χ2v) is 2.50. The molecule has 0 aromatic carbocycles. The molecule has 0 fully saturated rings. The van der Waals surface area contributed by atoms with Crippen LogP contribution in [0.1, 0.15) is 24.5 Å². The summed E-state index contributed by atoms with van der Waals surface area (Å²) in [7, 11) is 0. The van der Waals surface area contributed by atoms with Crippen molar-refractivity contribution >= 4 is 0 Å². The molecule has 1 unspecified atom stereocenters. The molecule has 62 valence electrons. The molecule has 3 nitrogen and oxygen atoms in total. The van der Waals surface area contributed by atoms with Crippen LogP contribution in [0, 0.1) is 0 Å². The van der Waals surface area contributed by atoms with E-state index in [2.05, 4.69) is 0 Å². The Balaban J connectivity index is 2.71. The van der Waals surface area contributed by atoms with Gasteiger partial charge in [0, 0.05) is 13.0 Å². The van der Waals surface area contributed by atoms with Crippen LogP contribution < -0.4 is 11.5 Å². The van der Waals surface area contributed by atoms with Gasteiger partial charge < -0.3 is 15.9 Å². The quantitative estimate of drug-likeness (QED) is 0.676.